The summed E-state index contributed by atoms with van der Waals surface area (Å²) in [5.74, 6) is 1.16. The number of nitrogens with zero attached hydrogens (tertiary/aromatic N) is 3. The first kappa shape index (κ1) is 26.0. The number of rotatable bonds is 11. The van der Waals surface area contributed by atoms with Gasteiger partial charge in [0.25, 0.3) is 5.91 Å². The lowest BCUT2D eigenvalue weighted by Crippen LogP contribution is -2.34. The van der Waals surface area contributed by atoms with Crippen LogP contribution in [0.5, 0.6) is 17.2 Å². The molecule has 0 fully saturated rings. The van der Waals surface area contributed by atoms with Crippen molar-refractivity contribution in [3.8, 4) is 27.8 Å². The van der Waals surface area contributed by atoms with Crippen molar-refractivity contribution in [2.45, 2.75) is 26.7 Å². The van der Waals surface area contributed by atoms with Crippen LogP contribution in [-0.2, 0) is 4.79 Å². The van der Waals surface area contributed by atoms with Crippen molar-refractivity contribution in [2.24, 2.45) is 0 Å². The second kappa shape index (κ2) is 12.2. The van der Waals surface area contributed by atoms with Crippen molar-refractivity contribution in [1.29, 1.82) is 0 Å². The molecule has 35 heavy (non-hydrogen) atoms. The largest absolute Gasteiger partial charge is 0.493 e. The third kappa shape index (κ3) is 6.27. The van der Waals surface area contributed by atoms with Gasteiger partial charge in [0.2, 0.25) is 16.8 Å². The summed E-state index contributed by atoms with van der Waals surface area (Å²) in [7, 11) is 4.62. The van der Waals surface area contributed by atoms with Crippen LogP contribution in [0.4, 0.5) is 5.13 Å². The maximum absolute atomic E-state index is 13.0. The van der Waals surface area contributed by atoms with E-state index in [2.05, 4.69) is 15.5 Å². The first-order valence-corrected chi connectivity index (χ1v) is 12.0. The molecule has 0 unspecified atom stereocenters. The lowest BCUT2D eigenvalue weighted by atomic mass is 10.1. The Hall–Kier alpha value is -3.66. The standard InChI is InChI=1S/C25H30N4O5S/c1-6-12-29(24(31)18-10-8-7-9-16(18)2)13-11-21(30)26-25-28-27-23(35-25)17-14-19(32-3)22(34-5)20(15-17)33-4/h7-10,14-15H,6,11-13H2,1-5H3,(H,26,28,30). The zero-order valence-electron chi connectivity index (χ0n) is 20.6. The Bertz CT molecular complexity index is 1160. The predicted octanol–water partition coefficient (Wildman–Crippen LogP) is 4.42. The number of carbonyl (C=O) groups is 2. The molecule has 186 valence electrons. The van der Waals surface area contributed by atoms with Gasteiger partial charge in [-0.25, -0.2) is 0 Å². The minimum absolute atomic E-state index is 0.0710. The number of methoxy groups -OCH3 is 3. The van der Waals surface area contributed by atoms with Crippen LogP contribution in [0.25, 0.3) is 10.6 Å². The highest BCUT2D eigenvalue weighted by atomic mass is 32.1. The zero-order valence-corrected chi connectivity index (χ0v) is 21.4. The summed E-state index contributed by atoms with van der Waals surface area (Å²) in [5.41, 5.74) is 2.28. The molecule has 9 nitrogen and oxygen atoms in total. The van der Waals surface area contributed by atoms with Crippen LogP contribution in [0, 0.1) is 6.92 Å². The van der Waals surface area contributed by atoms with Gasteiger partial charge in [0, 0.05) is 30.6 Å². The molecule has 1 N–H and O–H groups in total. The van der Waals surface area contributed by atoms with E-state index in [-0.39, 0.29) is 18.2 Å². The predicted molar refractivity (Wildman–Crippen MR) is 136 cm³/mol. The smallest absolute Gasteiger partial charge is 0.254 e. The number of amides is 2. The van der Waals surface area contributed by atoms with Gasteiger partial charge < -0.3 is 24.4 Å². The van der Waals surface area contributed by atoms with Crippen molar-refractivity contribution in [3.63, 3.8) is 0 Å². The van der Waals surface area contributed by atoms with Crippen molar-refractivity contribution in [1.82, 2.24) is 15.1 Å². The molecule has 3 rings (SSSR count). The fourth-order valence-corrected chi connectivity index (χ4v) is 4.33. The average molecular weight is 499 g/mol. The van der Waals surface area contributed by atoms with Gasteiger partial charge in [-0.3, -0.25) is 9.59 Å². The Balaban J connectivity index is 1.67. The Morgan fingerprint density at radius 1 is 1.00 bits per heavy atom. The van der Waals surface area contributed by atoms with E-state index >= 15 is 0 Å². The normalized spacial score (nSPS) is 10.5. The monoisotopic (exact) mass is 498 g/mol. The topological polar surface area (TPSA) is 103 Å². The van der Waals surface area contributed by atoms with Gasteiger partial charge in [-0.15, -0.1) is 10.2 Å². The Morgan fingerprint density at radius 2 is 1.69 bits per heavy atom. The van der Waals surface area contributed by atoms with Gasteiger partial charge in [-0.1, -0.05) is 36.5 Å². The van der Waals surface area contributed by atoms with Crippen LogP contribution in [-0.4, -0.2) is 61.3 Å². The van der Waals surface area contributed by atoms with Gasteiger partial charge in [-0.05, 0) is 37.1 Å². The third-order valence-electron chi connectivity index (χ3n) is 5.35. The molecule has 0 bridgehead atoms. The number of hydrogen-bond donors (Lipinski definition) is 1. The highest BCUT2D eigenvalue weighted by molar-refractivity contribution is 7.18. The molecule has 10 heteroatoms. The number of aromatic nitrogens is 2. The Labute approximate surface area is 209 Å². The summed E-state index contributed by atoms with van der Waals surface area (Å²) in [4.78, 5) is 27.3. The molecule has 0 aliphatic rings. The molecule has 0 spiro atoms. The Morgan fingerprint density at radius 3 is 2.29 bits per heavy atom. The molecule has 1 heterocycles. The van der Waals surface area contributed by atoms with Gasteiger partial charge in [0.1, 0.15) is 5.01 Å². The molecule has 0 aliphatic carbocycles. The summed E-state index contributed by atoms with van der Waals surface area (Å²) in [6.45, 7) is 4.80. The van der Waals surface area contributed by atoms with E-state index in [1.54, 1.807) is 31.3 Å². The Kier molecular flexibility index (Phi) is 9.02. The minimum atomic E-state index is -0.240. The first-order valence-electron chi connectivity index (χ1n) is 11.2. The van der Waals surface area contributed by atoms with Crippen molar-refractivity contribution in [3.05, 3.63) is 47.5 Å². The maximum Gasteiger partial charge on any atom is 0.254 e. The molecule has 3 aromatic rings. The average Bonchev–Trinajstić information content (AvgIpc) is 3.33. The number of anilines is 1. The molecule has 0 aliphatic heterocycles. The van der Waals surface area contributed by atoms with E-state index in [0.717, 1.165) is 17.5 Å². The quantitative estimate of drug-likeness (QED) is 0.417. The fourth-order valence-electron chi connectivity index (χ4n) is 3.58. The zero-order chi connectivity index (χ0) is 25.4. The van der Waals surface area contributed by atoms with E-state index in [0.29, 0.717) is 46.0 Å². The number of ether oxygens (including phenoxy) is 3. The van der Waals surface area contributed by atoms with E-state index < -0.39 is 0 Å². The summed E-state index contributed by atoms with van der Waals surface area (Å²) in [6, 6.07) is 11.0. The first-order chi connectivity index (χ1) is 16.9. The number of carbonyl (C=O) groups excluding carboxylic acids is 2. The van der Waals surface area contributed by atoms with Gasteiger partial charge in [0.15, 0.2) is 11.5 Å². The number of nitrogens with one attached hydrogen (secondary N) is 1. The molecule has 1 aromatic heterocycles. The van der Waals surface area contributed by atoms with Gasteiger partial charge in [-0.2, -0.15) is 0 Å². The fraction of sp³-hybridized carbons (Fsp3) is 0.360. The molecule has 2 amide bonds. The highest BCUT2D eigenvalue weighted by Crippen LogP contribution is 2.42. The third-order valence-corrected chi connectivity index (χ3v) is 6.24. The van der Waals surface area contributed by atoms with Crippen LogP contribution in [0.2, 0.25) is 0 Å². The molecular formula is C25H30N4O5S. The number of benzene rings is 2. The lowest BCUT2D eigenvalue weighted by Gasteiger charge is -2.22. The molecule has 0 atom stereocenters. The van der Waals surface area contributed by atoms with Crippen LogP contribution in [0.3, 0.4) is 0 Å². The van der Waals surface area contributed by atoms with Crippen molar-refractivity contribution >= 4 is 28.3 Å². The molecule has 0 saturated heterocycles. The van der Waals surface area contributed by atoms with Gasteiger partial charge in [0.05, 0.1) is 21.3 Å². The van der Waals surface area contributed by atoms with E-state index in [1.807, 2.05) is 38.1 Å². The minimum Gasteiger partial charge on any atom is -0.493 e. The number of aryl methyl sites for hydroxylation is 1. The molecular weight excluding hydrogens is 468 g/mol. The van der Waals surface area contributed by atoms with E-state index in [1.165, 1.54) is 18.4 Å². The van der Waals surface area contributed by atoms with E-state index in [4.69, 9.17) is 14.2 Å². The van der Waals surface area contributed by atoms with Crippen LogP contribution < -0.4 is 19.5 Å². The molecule has 0 saturated carbocycles. The highest BCUT2D eigenvalue weighted by Gasteiger charge is 2.19. The number of hydrogen-bond acceptors (Lipinski definition) is 8. The second-order valence-corrected chi connectivity index (χ2v) is 8.71. The van der Waals surface area contributed by atoms with Gasteiger partial charge >= 0.3 is 0 Å². The summed E-state index contributed by atoms with van der Waals surface area (Å²) in [6.07, 6.45) is 0.949. The summed E-state index contributed by atoms with van der Waals surface area (Å²) >= 11 is 1.23. The van der Waals surface area contributed by atoms with Crippen molar-refractivity contribution in [2.75, 3.05) is 39.7 Å². The lowest BCUT2D eigenvalue weighted by molar-refractivity contribution is -0.116. The van der Waals surface area contributed by atoms with E-state index in [9.17, 15) is 9.59 Å². The van der Waals surface area contributed by atoms with Crippen molar-refractivity contribution < 1.29 is 23.8 Å². The molecule has 0 radical (unpaired) electrons. The maximum atomic E-state index is 13.0. The SMILES string of the molecule is CCCN(CCC(=O)Nc1nnc(-c2cc(OC)c(OC)c(OC)c2)s1)C(=O)c1ccccc1C. The van der Waals surface area contributed by atoms with Crippen LogP contribution in [0.15, 0.2) is 36.4 Å². The van der Waals surface area contributed by atoms with Crippen LogP contribution in [0.1, 0.15) is 35.7 Å². The second-order valence-electron chi connectivity index (χ2n) is 7.73. The summed E-state index contributed by atoms with van der Waals surface area (Å²) in [5, 5.41) is 12.0. The van der Waals surface area contributed by atoms with Crippen LogP contribution >= 0.6 is 11.3 Å². The summed E-state index contributed by atoms with van der Waals surface area (Å²) < 4.78 is 16.1. The molecule has 2 aromatic carbocycles.